The lowest BCUT2D eigenvalue weighted by molar-refractivity contribution is -0.111. The molecule has 7 heteroatoms. The summed E-state index contributed by atoms with van der Waals surface area (Å²) in [6, 6.07) is 17.2. The molecule has 0 spiro atoms. The number of nitrogens with one attached hydrogen (secondary N) is 1. The van der Waals surface area contributed by atoms with Gasteiger partial charge in [-0.05, 0) is 43.3 Å². The SMILES string of the molecule is CCOc1ccccc1/C=C/C(=O)Nc1ccc(Oc2cccc(C(N)=O)c2)nc1. The smallest absolute Gasteiger partial charge is 0.248 e. The van der Waals surface area contributed by atoms with Crippen LogP contribution in [0.15, 0.2) is 72.9 Å². The third-order valence-electron chi connectivity index (χ3n) is 3.98. The van der Waals surface area contributed by atoms with Gasteiger partial charge in [0, 0.05) is 23.3 Å². The zero-order valence-corrected chi connectivity index (χ0v) is 16.4. The number of ether oxygens (including phenoxy) is 2. The Morgan fingerprint density at radius 3 is 2.67 bits per heavy atom. The standard InChI is InChI=1S/C23H21N3O4/c1-2-29-20-9-4-3-6-16(20)10-12-21(27)26-18-11-13-22(25-15-18)30-19-8-5-7-17(14-19)23(24)28/h3-15H,2H2,1H3,(H2,24,28)(H,26,27)/b12-10+. The molecule has 3 N–H and O–H groups in total. The van der Waals surface area contributed by atoms with Gasteiger partial charge in [-0.1, -0.05) is 24.3 Å². The molecule has 0 saturated heterocycles. The molecule has 3 aromatic rings. The largest absolute Gasteiger partial charge is 0.493 e. The molecule has 2 amide bonds. The molecular formula is C23H21N3O4. The summed E-state index contributed by atoms with van der Waals surface area (Å²) in [5.41, 5.74) is 6.94. The molecule has 3 rings (SSSR count). The molecule has 2 aromatic carbocycles. The summed E-state index contributed by atoms with van der Waals surface area (Å²) in [6.45, 7) is 2.45. The van der Waals surface area contributed by atoms with Crippen LogP contribution in [0, 0.1) is 0 Å². The minimum Gasteiger partial charge on any atom is -0.493 e. The number of benzene rings is 2. The van der Waals surface area contributed by atoms with Crippen molar-refractivity contribution < 1.29 is 19.1 Å². The fourth-order valence-electron chi connectivity index (χ4n) is 2.60. The average molecular weight is 403 g/mol. The summed E-state index contributed by atoms with van der Waals surface area (Å²) in [4.78, 5) is 27.6. The van der Waals surface area contributed by atoms with Crippen molar-refractivity contribution in [3.05, 3.63) is 84.1 Å². The van der Waals surface area contributed by atoms with Gasteiger partial charge in [0.2, 0.25) is 17.7 Å². The lowest BCUT2D eigenvalue weighted by atomic mass is 10.2. The van der Waals surface area contributed by atoms with Crippen LogP contribution in [0.1, 0.15) is 22.8 Å². The maximum Gasteiger partial charge on any atom is 0.248 e. The second-order valence-corrected chi connectivity index (χ2v) is 6.17. The topological polar surface area (TPSA) is 104 Å². The number of hydrogen-bond donors (Lipinski definition) is 2. The van der Waals surface area contributed by atoms with E-state index < -0.39 is 5.91 Å². The minimum absolute atomic E-state index is 0.300. The predicted molar refractivity (Wildman–Crippen MR) is 115 cm³/mol. The highest BCUT2D eigenvalue weighted by Crippen LogP contribution is 2.22. The van der Waals surface area contributed by atoms with Crippen LogP contribution in [0.25, 0.3) is 6.08 Å². The number of anilines is 1. The normalized spacial score (nSPS) is 10.6. The first kappa shape index (κ1) is 20.6. The van der Waals surface area contributed by atoms with E-state index in [1.165, 1.54) is 18.3 Å². The Kier molecular flexibility index (Phi) is 6.78. The van der Waals surface area contributed by atoms with E-state index in [0.29, 0.717) is 35.2 Å². The van der Waals surface area contributed by atoms with Crippen molar-refractivity contribution in [2.45, 2.75) is 6.92 Å². The fourth-order valence-corrected chi connectivity index (χ4v) is 2.60. The average Bonchev–Trinajstić information content (AvgIpc) is 2.75. The van der Waals surface area contributed by atoms with Crippen LogP contribution in [-0.4, -0.2) is 23.4 Å². The second kappa shape index (κ2) is 9.88. The summed E-state index contributed by atoms with van der Waals surface area (Å²) >= 11 is 0. The van der Waals surface area contributed by atoms with Gasteiger partial charge >= 0.3 is 0 Å². The molecule has 0 saturated carbocycles. The van der Waals surface area contributed by atoms with E-state index in [0.717, 1.165) is 5.56 Å². The molecule has 0 unspecified atom stereocenters. The number of aromatic nitrogens is 1. The zero-order chi connectivity index (χ0) is 21.3. The van der Waals surface area contributed by atoms with E-state index in [4.69, 9.17) is 15.2 Å². The molecular weight excluding hydrogens is 382 g/mol. The highest BCUT2D eigenvalue weighted by molar-refractivity contribution is 6.02. The monoisotopic (exact) mass is 403 g/mol. The maximum atomic E-state index is 12.2. The molecule has 152 valence electrons. The first-order valence-corrected chi connectivity index (χ1v) is 9.30. The van der Waals surface area contributed by atoms with Crippen LogP contribution in [0.4, 0.5) is 5.69 Å². The van der Waals surface area contributed by atoms with Gasteiger partial charge in [-0.15, -0.1) is 0 Å². The summed E-state index contributed by atoms with van der Waals surface area (Å²) < 4.78 is 11.1. The summed E-state index contributed by atoms with van der Waals surface area (Å²) in [6.07, 6.45) is 4.60. The number of pyridine rings is 1. The van der Waals surface area contributed by atoms with Gasteiger partial charge in [0.1, 0.15) is 11.5 Å². The van der Waals surface area contributed by atoms with E-state index >= 15 is 0 Å². The van der Waals surface area contributed by atoms with Crippen molar-refractivity contribution in [3.8, 4) is 17.4 Å². The maximum absolute atomic E-state index is 12.2. The summed E-state index contributed by atoms with van der Waals surface area (Å²) in [5, 5.41) is 2.73. The Bertz CT molecular complexity index is 1060. The number of nitrogens with two attached hydrogens (primary N) is 1. The van der Waals surface area contributed by atoms with Crippen molar-refractivity contribution >= 4 is 23.6 Å². The number of carbonyl (C=O) groups excluding carboxylic acids is 2. The first-order valence-electron chi connectivity index (χ1n) is 9.30. The summed E-state index contributed by atoms with van der Waals surface area (Å²) in [7, 11) is 0. The molecule has 1 aromatic heterocycles. The quantitative estimate of drug-likeness (QED) is 0.553. The third-order valence-corrected chi connectivity index (χ3v) is 3.98. The van der Waals surface area contributed by atoms with E-state index in [9.17, 15) is 9.59 Å². The number of amides is 2. The number of primary amides is 1. The Hall–Kier alpha value is -4.13. The van der Waals surface area contributed by atoms with Gasteiger partial charge in [-0.25, -0.2) is 4.98 Å². The zero-order valence-electron chi connectivity index (χ0n) is 16.4. The summed E-state index contributed by atoms with van der Waals surface area (Å²) in [5.74, 6) is 0.629. The van der Waals surface area contributed by atoms with Gasteiger partial charge in [-0.2, -0.15) is 0 Å². The van der Waals surface area contributed by atoms with Crippen molar-refractivity contribution in [2.75, 3.05) is 11.9 Å². The van der Waals surface area contributed by atoms with Gasteiger partial charge in [0.15, 0.2) is 0 Å². The van der Waals surface area contributed by atoms with Crippen LogP contribution in [0.3, 0.4) is 0 Å². The minimum atomic E-state index is -0.539. The number of rotatable bonds is 8. The third kappa shape index (κ3) is 5.68. The van der Waals surface area contributed by atoms with Gasteiger partial charge in [0.25, 0.3) is 0 Å². The highest BCUT2D eigenvalue weighted by atomic mass is 16.5. The number of nitrogens with zero attached hydrogens (tertiary/aromatic N) is 1. The van der Waals surface area contributed by atoms with E-state index in [1.807, 2.05) is 31.2 Å². The molecule has 0 aliphatic carbocycles. The van der Waals surface area contributed by atoms with Gasteiger partial charge in [0.05, 0.1) is 18.5 Å². The lowest BCUT2D eigenvalue weighted by Crippen LogP contribution is -2.10. The molecule has 0 fully saturated rings. The number of para-hydroxylation sites is 1. The Labute approximate surface area is 174 Å². The van der Waals surface area contributed by atoms with E-state index in [2.05, 4.69) is 10.3 Å². The molecule has 0 aliphatic rings. The molecule has 1 heterocycles. The first-order chi connectivity index (χ1) is 14.5. The molecule has 0 aliphatic heterocycles. The Balaban J connectivity index is 1.61. The highest BCUT2D eigenvalue weighted by Gasteiger charge is 2.05. The van der Waals surface area contributed by atoms with Crippen molar-refractivity contribution in [1.29, 1.82) is 0 Å². The van der Waals surface area contributed by atoms with Crippen molar-refractivity contribution in [1.82, 2.24) is 4.98 Å². The second-order valence-electron chi connectivity index (χ2n) is 6.17. The van der Waals surface area contributed by atoms with Gasteiger partial charge in [-0.3, -0.25) is 9.59 Å². The molecule has 0 atom stereocenters. The molecule has 30 heavy (non-hydrogen) atoms. The van der Waals surface area contributed by atoms with Crippen LogP contribution in [0.5, 0.6) is 17.4 Å². The Morgan fingerprint density at radius 2 is 1.93 bits per heavy atom. The van der Waals surface area contributed by atoms with Crippen LogP contribution < -0.4 is 20.5 Å². The number of hydrogen-bond acceptors (Lipinski definition) is 5. The van der Waals surface area contributed by atoms with Crippen molar-refractivity contribution in [3.63, 3.8) is 0 Å². The van der Waals surface area contributed by atoms with Crippen molar-refractivity contribution in [2.24, 2.45) is 5.73 Å². The molecule has 7 nitrogen and oxygen atoms in total. The predicted octanol–water partition coefficient (Wildman–Crippen LogP) is 4.02. The van der Waals surface area contributed by atoms with E-state index in [1.54, 1.807) is 36.4 Å². The molecule has 0 bridgehead atoms. The van der Waals surface area contributed by atoms with E-state index in [-0.39, 0.29) is 5.91 Å². The lowest BCUT2D eigenvalue weighted by Gasteiger charge is -2.07. The van der Waals surface area contributed by atoms with Crippen LogP contribution >= 0.6 is 0 Å². The van der Waals surface area contributed by atoms with Gasteiger partial charge < -0.3 is 20.5 Å². The Morgan fingerprint density at radius 1 is 1.10 bits per heavy atom. The number of carbonyl (C=O) groups is 2. The van der Waals surface area contributed by atoms with Crippen LogP contribution in [-0.2, 0) is 4.79 Å². The fraction of sp³-hybridized carbons (Fsp3) is 0.0870. The molecule has 0 radical (unpaired) electrons. The van der Waals surface area contributed by atoms with Crippen LogP contribution in [0.2, 0.25) is 0 Å².